The summed E-state index contributed by atoms with van der Waals surface area (Å²) in [7, 11) is 0. The van der Waals surface area contributed by atoms with Gasteiger partial charge in [-0.25, -0.2) is 15.0 Å². The van der Waals surface area contributed by atoms with Gasteiger partial charge in [-0.15, -0.1) is 0 Å². The second kappa shape index (κ2) is 8.07. The molecule has 6 nitrogen and oxygen atoms in total. The van der Waals surface area contributed by atoms with E-state index in [0.717, 1.165) is 17.7 Å². The van der Waals surface area contributed by atoms with Crippen LogP contribution in [0.3, 0.4) is 0 Å². The van der Waals surface area contributed by atoms with Gasteiger partial charge in [0.05, 0.1) is 11.1 Å². The fourth-order valence-corrected chi connectivity index (χ4v) is 3.12. The zero-order valence-corrected chi connectivity index (χ0v) is 16.6. The number of anilines is 1. The average Bonchev–Trinajstić information content (AvgIpc) is 2.79. The normalized spacial score (nSPS) is 11.2. The highest BCUT2D eigenvalue weighted by Gasteiger charge is 2.30. The van der Waals surface area contributed by atoms with Crippen molar-refractivity contribution in [3.05, 3.63) is 83.3 Å². The van der Waals surface area contributed by atoms with Crippen LogP contribution < -0.4 is 5.32 Å². The summed E-state index contributed by atoms with van der Waals surface area (Å²) < 4.78 is 38.7. The van der Waals surface area contributed by atoms with Gasteiger partial charge in [0.25, 0.3) is 5.91 Å². The molecular formula is C23H14F3N5O. The molecule has 1 N–H and O–H groups in total. The topological polar surface area (TPSA) is 91.6 Å². The molecule has 0 fully saturated rings. The molecule has 0 atom stereocenters. The van der Waals surface area contributed by atoms with Gasteiger partial charge in [0, 0.05) is 34.6 Å². The summed E-state index contributed by atoms with van der Waals surface area (Å²) in [6, 6.07) is 13.3. The Kier molecular flexibility index (Phi) is 5.28. The molecule has 4 aromatic rings. The highest BCUT2D eigenvalue weighted by molar-refractivity contribution is 6.04. The zero-order valence-electron chi connectivity index (χ0n) is 16.6. The fraction of sp³-hybridized carbons (Fsp3) is 0.0870. The lowest BCUT2D eigenvalue weighted by Gasteiger charge is -2.11. The number of carbonyl (C=O) groups excluding carboxylic acids is 1. The Balaban J connectivity index is 1.59. The van der Waals surface area contributed by atoms with E-state index in [1.54, 1.807) is 25.1 Å². The molecule has 2 heterocycles. The van der Waals surface area contributed by atoms with Crippen LogP contribution in [0.1, 0.15) is 27.2 Å². The van der Waals surface area contributed by atoms with Crippen molar-refractivity contribution in [3.63, 3.8) is 0 Å². The summed E-state index contributed by atoms with van der Waals surface area (Å²) in [6.07, 6.45) is -1.69. The highest BCUT2D eigenvalue weighted by Crippen LogP contribution is 2.31. The van der Waals surface area contributed by atoms with E-state index in [0.29, 0.717) is 33.5 Å². The van der Waals surface area contributed by atoms with Gasteiger partial charge in [-0.3, -0.25) is 4.79 Å². The molecule has 0 spiro atoms. The molecule has 0 bridgehead atoms. The van der Waals surface area contributed by atoms with Gasteiger partial charge < -0.3 is 5.32 Å². The Morgan fingerprint density at radius 1 is 1.06 bits per heavy atom. The lowest BCUT2D eigenvalue weighted by molar-refractivity contribution is -0.137. The molecule has 0 saturated heterocycles. The van der Waals surface area contributed by atoms with Crippen LogP contribution in [0.4, 0.5) is 18.9 Å². The fourth-order valence-electron chi connectivity index (χ4n) is 3.12. The standard InChI is InChI=1S/C23H14F3N5O/c1-13-8-14(2-4-19(13)31-22(32)15-6-7-28-18(10-15)11-27)21-29-12-16-9-17(23(24,25)26)3-5-20(16)30-21/h2-10,12H,1H3,(H,31,32). The molecule has 0 aliphatic rings. The molecule has 32 heavy (non-hydrogen) atoms. The van der Waals surface area contributed by atoms with E-state index in [-0.39, 0.29) is 11.6 Å². The number of fused-ring (bicyclic) bond motifs is 1. The first-order chi connectivity index (χ1) is 15.2. The number of nitriles is 1. The number of alkyl halides is 3. The maximum Gasteiger partial charge on any atom is 0.416 e. The van der Waals surface area contributed by atoms with Gasteiger partial charge in [0.2, 0.25) is 0 Å². The van der Waals surface area contributed by atoms with E-state index >= 15 is 0 Å². The summed E-state index contributed by atoms with van der Waals surface area (Å²) in [6.45, 7) is 1.79. The Morgan fingerprint density at radius 2 is 1.88 bits per heavy atom. The second-order valence-electron chi connectivity index (χ2n) is 6.99. The van der Waals surface area contributed by atoms with Crippen molar-refractivity contribution in [1.82, 2.24) is 15.0 Å². The predicted octanol–water partition coefficient (Wildman–Crippen LogP) is 5.14. The van der Waals surface area contributed by atoms with Gasteiger partial charge in [-0.2, -0.15) is 18.4 Å². The molecule has 0 radical (unpaired) electrons. The van der Waals surface area contributed by atoms with Crippen molar-refractivity contribution in [2.75, 3.05) is 5.32 Å². The van der Waals surface area contributed by atoms with Crippen LogP contribution in [0.25, 0.3) is 22.3 Å². The predicted molar refractivity (Wildman–Crippen MR) is 112 cm³/mol. The van der Waals surface area contributed by atoms with Gasteiger partial charge in [-0.1, -0.05) is 0 Å². The van der Waals surface area contributed by atoms with Gasteiger partial charge in [-0.05, 0) is 61.0 Å². The number of amides is 1. The Labute approximate surface area is 180 Å². The number of rotatable bonds is 3. The number of carbonyl (C=O) groups is 1. The first kappa shape index (κ1) is 20.9. The molecule has 4 rings (SSSR count). The van der Waals surface area contributed by atoms with Crippen molar-refractivity contribution in [3.8, 4) is 17.5 Å². The quantitative estimate of drug-likeness (QED) is 0.483. The minimum Gasteiger partial charge on any atom is -0.322 e. The molecule has 2 aromatic carbocycles. The maximum absolute atomic E-state index is 12.9. The SMILES string of the molecule is Cc1cc(-c2ncc3cc(C(F)(F)F)ccc3n2)ccc1NC(=O)c1ccnc(C#N)c1. The average molecular weight is 433 g/mol. The summed E-state index contributed by atoms with van der Waals surface area (Å²) in [5.74, 6) is -0.0341. The highest BCUT2D eigenvalue weighted by atomic mass is 19.4. The van der Waals surface area contributed by atoms with E-state index in [9.17, 15) is 18.0 Å². The van der Waals surface area contributed by atoms with Crippen LogP contribution in [-0.4, -0.2) is 20.9 Å². The molecule has 0 saturated carbocycles. The first-order valence-electron chi connectivity index (χ1n) is 9.37. The largest absolute Gasteiger partial charge is 0.416 e. The van der Waals surface area contributed by atoms with Crippen LogP contribution >= 0.6 is 0 Å². The molecule has 158 valence electrons. The number of halogens is 3. The summed E-state index contributed by atoms with van der Waals surface area (Å²) >= 11 is 0. The smallest absolute Gasteiger partial charge is 0.322 e. The van der Waals surface area contributed by atoms with E-state index in [1.807, 2.05) is 6.07 Å². The van der Waals surface area contributed by atoms with Crippen molar-refractivity contribution in [2.24, 2.45) is 0 Å². The van der Waals surface area contributed by atoms with Gasteiger partial charge >= 0.3 is 6.18 Å². The van der Waals surface area contributed by atoms with Crippen molar-refractivity contribution >= 4 is 22.5 Å². The van der Waals surface area contributed by atoms with Crippen LogP contribution in [0.5, 0.6) is 0 Å². The van der Waals surface area contributed by atoms with E-state index in [4.69, 9.17) is 5.26 Å². The number of hydrogen-bond acceptors (Lipinski definition) is 5. The minimum atomic E-state index is -4.43. The van der Waals surface area contributed by atoms with Crippen molar-refractivity contribution < 1.29 is 18.0 Å². The van der Waals surface area contributed by atoms with E-state index in [2.05, 4.69) is 20.3 Å². The Bertz CT molecular complexity index is 1390. The molecule has 1 amide bonds. The number of benzene rings is 2. The zero-order chi connectivity index (χ0) is 22.9. The summed E-state index contributed by atoms with van der Waals surface area (Å²) in [5, 5.41) is 12.0. The number of hydrogen-bond donors (Lipinski definition) is 1. The monoisotopic (exact) mass is 433 g/mol. The number of pyridine rings is 1. The van der Waals surface area contributed by atoms with Crippen LogP contribution in [0.15, 0.2) is 60.9 Å². The van der Waals surface area contributed by atoms with E-state index < -0.39 is 11.7 Å². The first-order valence-corrected chi connectivity index (χ1v) is 9.37. The number of aromatic nitrogens is 3. The van der Waals surface area contributed by atoms with Crippen LogP contribution in [-0.2, 0) is 6.18 Å². The Morgan fingerprint density at radius 3 is 2.59 bits per heavy atom. The van der Waals surface area contributed by atoms with Gasteiger partial charge in [0.15, 0.2) is 5.82 Å². The summed E-state index contributed by atoms with van der Waals surface area (Å²) in [5.41, 5.74) is 2.03. The summed E-state index contributed by atoms with van der Waals surface area (Å²) in [4.78, 5) is 24.9. The van der Waals surface area contributed by atoms with E-state index in [1.165, 1.54) is 30.6 Å². The lowest BCUT2D eigenvalue weighted by Crippen LogP contribution is -2.13. The van der Waals surface area contributed by atoms with Crippen molar-refractivity contribution in [2.45, 2.75) is 13.1 Å². The molecule has 0 unspecified atom stereocenters. The molecular weight excluding hydrogens is 419 g/mol. The number of nitrogens with one attached hydrogen (secondary N) is 1. The number of nitrogens with zero attached hydrogens (tertiary/aromatic N) is 4. The molecule has 0 aliphatic heterocycles. The lowest BCUT2D eigenvalue weighted by atomic mass is 10.1. The minimum absolute atomic E-state index is 0.139. The molecule has 2 aromatic heterocycles. The third kappa shape index (κ3) is 4.25. The second-order valence-corrected chi connectivity index (χ2v) is 6.99. The van der Waals surface area contributed by atoms with Gasteiger partial charge in [0.1, 0.15) is 11.8 Å². The number of aryl methyl sites for hydroxylation is 1. The van der Waals surface area contributed by atoms with Crippen molar-refractivity contribution in [1.29, 1.82) is 5.26 Å². The third-order valence-corrected chi connectivity index (χ3v) is 4.78. The third-order valence-electron chi connectivity index (χ3n) is 4.78. The van der Waals surface area contributed by atoms with Crippen LogP contribution in [0, 0.1) is 18.3 Å². The molecule has 9 heteroatoms. The maximum atomic E-state index is 12.9. The molecule has 0 aliphatic carbocycles. The van der Waals surface area contributed by atoms with Crippen LogP contribution in [0.2, 0.25) is 0 Å². The Hall–Kier alpha value is -4.32.